The molecule has 0 aromatic heterocycles. The maximum absolute atomic E-state index is 12.3. The summed E-state index contributed by atoms with van der Waals surface area (Å²) in [5, 5.41) is 0. The third kappa shape index (κ3) is 8.45. The van der Waals surface area contributed by atoms with Crippen molar-refractivity contribution in [1.82, 2.24) is 4.90 Å². The second-order valence-electron chi connectivity index (χ2n) is 11.3. The monoisotopic (exact) mass is 467 g/mol. The maximum atomic E-state index is 12.3. The van der Waals surface area contributed by atoms with Crippen molar-refractivity contribution in [3.63, 3.8) is 0 Å². The first-order chi connectivity index (χ1) is 14.3. The van der Waals surface area contributed by atoms with E-state index in [1.54, 1.807) is 10.5 Å². The first kappa shape index (κ1) is 28.0. The predicted molar refractivity (Wildman–Crippen MR) is 139 cm³/mol. The molecule has 1 rings (SSSR count). The molecule has 0 radical (unpaired) electrons. The normalized spacial score (nSPS) is 16.7. The third-order valence-electron chi connectivity index (χ3n) is 6.29. The van der Waals surface area contributed by atoms with E-state index in [0.717, 1.165) is 25.1 Å². The number of amides is 1. The lowest BCUT2D eigenvalue weighted by molar-refractivity contribution is 0.151. The molecule has 1 amide bonds. The number of ether oxygens (including phenoxy) is 1. The minimum absolute atomic E-state index is 0.268. The fourth-order valence-electron chi connectivity index (χ4n) is 5.11. The van der Waals surface area contributed by atoms with Gasteiger partial charge in [0.2, 0.25) is 0 Å². The number of nitrogens with zero attached hydrogens (tertiary/aromatic N) is 1. The Balaban J connectivity index is 2.86. The van der Waals surface area contributed by atoms with Gasteiger partial charge in [-0.3, -0.25) is 0 Å². The van der Waals surface area contributed by atoms with E-state index in [1.807, 2.05) is 0 Å². The first-order valence-corrected chi connectivity index (χ1v) is 18.1. The van der Waals surface area contributed by atoms with E-state index < -0.39 is 16.4 Å². The Kier molecular flexibility index (Phi) is 11.1. The first-order valence-electron chi connectivity index (χ1n) is 12.3. The number of cyclic esters (lactones) is 1. The molecule has 0 spiro atoms. The van der Waals surface area contributed by atoms with Crippen LogP contribution < -0.4 is 0 Å². The van der Waals surface area contributed by atoms with E-state index in [4.69, 9.17) is 9.16 Å². The Morgan fingerprint density at radius 3 is 1.94 bits per heavy atom. The molecule has 1 heterocycles. The van der Waals surface area contributed by atoms with Crippen LogP contribution in [0.1, 0.15) is 74.1 Å². The average Bonchev–Trinajstić information content (AvgIpc) is 3.04. The van der Waals surface area contributed by atoms with Gasteiger partial charge in [-0.2, -0.15) is 0 Å². The van der Waals surface area contributed by atoms with E-state index in [9.17, 15) is 4.79 Å². The van der Waals surface area contributed by atoms with Crippen LogP contribution in [0, 0.1) is 0 Å². The Bertz CT molecular complexity index is 611. The second-order valence-corrected chi connectivity index (χ2v) is 22.2. The Morgan fingerprint density at radius 2 is 1.52 bits per heavy atom. The highest BCUT2D eigenvalue weighted by Crippen LogP contribution is 2.44. The molecule has 0 aromatic carbocycles. The lowest BCUT2D eigenvalue weighted by Crippen LogP contribution is -2.49. The number of rotatable bonds is 13. The van der Waals surface area contributed by atoms with Crippen molar-refractivity contribution >= 4 is 22.5 Å². The Morgan fingerprint density at radius 1 is 1.00 bits per heavy atom. The SMILES string of the molecule is C/C(=C\CCCCC=C(O[Si](C(C)C)(C(C)C)C(C)C)N1CCOC1=O)C[Si](C)(C)C. The van der Waals surface area contributed by atoms with Gasteiger partial charge in [0, 0.05) is 8.07 Å². The highest BCUT2D eigenvalue weighted by Gasteiger charge is 2.48. The fourth-order valence-corrected chi connectivity index (χ4v) is 12.2. The summed E-state index contributed by atoms with van der Waals surface area (Å²) in [6.45, 7) is 24.3. The van der Waals surface area contributed by atoms with Crippen molar-refractivity contribution in [1.29, 1.82) is 0 Å². The smallest absolute Gasteiger partial charge is 0.416 e. The van der Waals surface area contributed by atoms with Crippen molar-refractivity contribution in [3.8, 4) is 0 Å². The van der Waals surface area contributed by atoms with E-state index in [2.05, 4.69) is 80.3 Å². The van der Waals surface area contributed by atoms with Crippen molar-refractivity contribution in [2.75, 3.05) is 13.2 Å². The summed E-state index contributed by atoms with van der Waals surface area (Å²) in [6, 6.07) is 1.29. The largest absolute Gasteiger partial charge is 0.531 e. The molecule has 0 atom stereocenters. The number of hydrogen-bond acceptors (Lipinski definition) is 3. The Labute approximate surface area is 194 Å². The fraction of sp³-hybridized carbons (Fsp3) is 0.800. The molecule has 31 heavy (non-hydrogen) atoms. The van der Waals surface area contributed by atoms with Crippen molar-refractivity contribution in [2.24, 2.45) is 0 Å². The van der Waals surface area contributed by atoms with Gasteiger partial charge in [-0.15, -0.1) is 0 Å². The molecular weight excluding hydrogens is 418 g/mol. The maximum Gasteiger partial charge on any atom is 0.416 e. The summed E-state index contributed by atoms with van der Waals surface area (Å²) in [6.07, 6.45) is 8.64. The summed E-state index contributed by atoms with van der Waals surface area (Å²) in [5.41, 5.74) is 2.94. The van der Waals surface area contributed by atoms with Crippen LogP contribution in [0.5, 0.6) is 0 Å². The topological polar surface area (TPSA) is 38.8 Å². The molecule has 1 aliphatic rings. The highest BCUT2D eigenvalue weighted by molar-refractivity contribution is 6.78. The summed E-state index contributed by atoms with van der Waals surface area (Å²) in [5.74, 6) is 0.746. The molecule has 1 saturated heterocycles. The molecule has 0 saturated carbocycles. The molecule has 6 heteroatoms. The van der Waals surface area contributed by atoms with Gasteiger partial charge in [-0.05, 0) is 61.4 Å². The molecule has 0 aromatic rings. The van der Waals surface area contributed by atoms with Crippen LogP contribution in [0.15, 0.2) is 23.6 Å². The van der Waals surface area contributed by atoms with Crippen LogP contribution in [0.25, 0.3) is 0 Å². The number of hydrogen-bond donors (Lipinski definition) is 0. The lowest BCUT2D eigenvalue weighted by Gasteiger charge is -2.43. The van der Waals surface area contributed by atoms with Gasteiger partial charge in [0.1, 0.15) is 6.61 Å². The van der Waals surface area contributed by atoms with E-state index in [-0.39, 0.29) is 6.09 Å². The third-order valence-corrected chi connectivity index (χ3v) is 13.9. The summed E-state index contributed by atoms with van der Waals surface area (Å²) < 4.78 is 12.1. The van der Waals surface area contributed by atoms with Gasteiger partial charge >= 0.3 is 6.09 Å². The second kappa shape index (κ2) is 12.3. The van der Waals surface area contributed by atoms with Crippen LogP contribution in [0.4, 0.5) is 4.79 Å². The quantitative estimate of drug-likeness (QED) is 0.118. The van der Waals surface area contributed by atoms with E-state index >= 15 is 0 Å². The van der Waals surface area contributed by atoms with Crippen LogP contribution in [-0.2, 0) is 9.16 Å². The van der Waals surface area contributed by atoms with Crippen LogP contribution in [0.3, 0.4) is 0 Å². The zero-order chi connectivity index (χ0) is 23.8. The summed E-state index contributed by atoms with van der Waals surface area (Å²) in [4.78, 5) is 14.0. The van der Waals surface area contributed by atoms with Crippen LogP contribution >= 0.6 is 0 Å². The van der Waals surface area contributed by atoms with Gasteiger partial charge < -0.3 is 9.16 Å². The van der Waals surface area contributed by atoms with Gasteiger partial charge in [-0.25, -0.2) is 9.69 Å². The molecule has 0 aliphatic carbocycles. The molecule has 0 unspecified atom stereocenters. The summed E-state index contributed by atoms with van der Waals surface area (Å²) >= 11 is 0. The minimum Gasteiger partial charge on any atom is -0.531 e. The number of unbranched alkanes of at least 4 members (excludes halogenated alkanes) is 3. The Hall–Kier alpha value is -1.02. The number of allylic oxidation sites excluding steroid dienone is 3. The zero-order valence-electron chi connectivity index (χ0n) is 22.0. The standard InChI is InChI=1S/C25H49NO3Si2/c1-20(2)31(21(3)4,22(5)6)29-24(26-17-18-28-25(26)27)16-14-12-11-13-15-23(7)19-30(8,9)10/h15-16,20-22H,11-14,17-19H2,1-10H3/b23-15+,24-16?. The average molecular weight is 468 g/mol. The molecule has 1 fully saturated rings. The van der Waals surface area contributed by atoms with Gasteiger partial charge in [0.25, 0.3) is 8.32 Å². The van der Waals surface area contributed by atoms with Crippen molar-refractivity contribution in [2.45, 2.75) is 116 Å². The van der Waals surface area contributed by atoms with Gasteiger partial charge in [0.15, 0.2) is 5.88 Å². The molecule has 180 valence electrons. The molecule has 1 aliphatic heterocycles. The zero-order valence-corrected chi connectivity index (χ0v) is 24.0. The minimum atomic E-state index is -2.12. The number of carbonyl (C=O) groups is 1. The number of carbonyl (C=O) groups excluding carboxylic acids is 1. The van der Waals surface area contributed by atoms with Crippen LogP contribution in [-0.4, -0.2) is 40.5 Å². The van der Waals surface area contributed by atoms with Crippen molar-refractivity contribution < 1.29 is 14.0 Å². The van der Waals surface area contributed by atoms with Crippen LogP contribution in [0.2, 0.25) is 42.3 Å². The van der Waals surface area contributed by atoms with E-state index in [0.29, 0.717) is 29.8 Å². The summed E-state index contributed by atoms with van der Waals surface area (Å²) in [7, 11) is -3.15. The van der Waals surface area contributed by atoms with Crippen molar-refractivity contribution in [3.05, 3.63) is 23.6 Å². The van der Waals surface area contributed by atoms with E-state index in [1.165, 1.54) is 12.5 Å². The molecule has 0 N–H and O–H groups in total. The lowest BCUT2D eigenvalue weighted by atomic mass is 10.1. The van der Waals surface area contributed by atoms with Gasteiger partial charge in [-0.1, -0.05) is 72.8 Å². The molecular formula is C25H49NO3Si2. The molecule has 4 nitrogen and oxygen atoms in total. The predicted octanol–water partition coefficient (Wildman–Crippen LogP) is 8.32. The van der Waals surface area contributed by atoms with Gasteiger partial charge in [0.05, 0.1) is 6.54 Å². The molecule has 0 bridgehead atoms. The highest BCUT2D eigenvalue weighted by atomic mass is 28.4.